The summed E-state index contributed by atoms with van der Waals surface area (Å²) in [6.45, 7) is 7.71. The van der Waals surface area contributed by atoms with Gasteiger partial charge >= 0.3 is 6.09 Å². The zero-order chi connectivity index (χ0) is 24.3. The van der Waals surface area contributed by atoms with E-state index in [4.69, 9.17) is 4.74 Å². The van der Waals surface area contributed by atoms with Crippen LogP contribution in [-0.4, -0.2) is 58.8 Å². The number of nitrogens with one attached hydrogen (secondary N) is 2. The highest BCUT2D eigenvalue weighted by Gasteiger charge is 2.36. The van der Waals surface area contributed by atoms with E-state index in [-0.39, 0.29) is 6.04 Å². The number of hydrogen-bond donors (Lipinski definition) is 3. The predicted octanol–water partition coefficient (Wildman–Crippen LogP) is 2.27. The zero-order valence-electron chi connectivity index (χ0n) is 19.4. The van der Waals surface area contributed by atoms with E-state index in [1.165, 1.54) is 0 Å². The van der Waals surface area contributed by atoms with Crippen molar-refractivity contribution in [1.82, 2.24) is 15.5 Å². The van der Waals surface area contributed by atoms with Gasteiger partial charge in [-0.2, -0.15) is 5.26 Å². The van der Waals surface area contributed by atoms with E-state index < -0.39 is 48.7 Å². The maximum absolute atomic E-state index is 13.3. The second kappa shape index (κ2) is 12.7. The monoisotopic (exact) mass is 446 g/mol. The second-order valence-electron chi connectivity index (χ2n) is 8.52. The van der Waals surface area contributed by atoms with Gasteiger partial charge in [-0.25, -0.2) is 4.79 Å². The Balaban J connectivity index is 3.25. The van der Waals surface area contributed by atoms with Crippen molar-refractivity contribution in [1.29, 1.82) is 5.26 Å². The molecule has 9 nitrogen and oxygen atoms in total. The number of amides is 3. The average Bonchev–Trinajstić information content (AvgIpc) is 2.70. The van der Waals surface area contributed by atoms with Crippen molar-refractivity contribution in [3.8, 4) is 6.07 Å². The first-order valence-electron chi connectivity index (χ1n) is 10.7. The molecule has 9 heteroatoms. The molecule has 0 aliphatic carbocycles. The van der Waals surface area contributed by atoms with Crippen LogP contribution in [0.25, 0.3) is 0 Å². The largest absolute Gasteiger partial charge is 0.444 e. The van der Waals surface area contributed by atoms with Crippen LogP contribution in [0.3, 0.4) is 0 Å². The summed E-state index contributed by atoms with van der Waals surface area (Å²) >= 11 is 0. The van der Waals surface area contributed by atoms with Crippen LogP contribution >= 0.6 is 0 Å². The minimum atomic E-state index is -1.38. The number of benzene rings is 1. The predicted molar refractivity (Wildman–Crippen MR) is 119 cm³/mol. The molecule has 32 heavy (non-hydrogen) atoms. The molecule has 176 valence electrons. The number of nitriles is 1. The SMILES string of the molecule is CCCC(C)NC(=O)C(c1ccccc1)N(CC#N)C(=O)C(CO)NC(=O)OC(C)(C)C. The van der Waals surface area contributed by atoms with Gasteiger partial charge in [0.1, 0.15) is 24.2 Å². The van der Waals surface area contributed by atoms with Gasteiger partial charge in [-0.3, -0.25) is 9.59 Å². The van der Waals surface area contributed by atoms with Gasteiger partial charge in [-0.1, -0.05) is 43.7 Å². The molecule has 3 atom stereocenters. The number of rotatable bonds is 10. The molecule has 0 saturated heterocycles. The Morgan fingerprint density at radius 1 is 1.19 bits per heavy atom. The van der Waals surface area contributed by atoms with E-state index in [0.29, 0.717) is 5.56 Å². The van der Waals surface area contributed by atoms with Gasteiger partial charge in [0, 0.05) is 6.04 Å². The molecule has 1 aromatic rings. The molecule has 0 saturated carbocycles. The summed E-state index contributed by atoms with van der Waals surface area (Å²) in [6, 6.07) is 7.86. The number of carbonyl (C=O) groups is 3. The summed E-state index contributed by atoms with van der Waals surface area (Å²) in [5.74, 6) is -1.22. The number of hydrogen-bond acceptors (Lipinski definition) is 6. The fourth-order valence-corrected chi connectivity index (χ4v) is 3.14. The van der Waals surface area contributed by atoms with Gasteiger partial charge in [0.15, 0.2) is 0 Å². The average molecular weight is 447 g/mol. The topological polar surface area (TPSA) is 132 Å². The molecule has 0 bridgehead atoms. The summed E-state index contributed by atoms with van der Waals surface area (Å²) in [5.41, 5.74) is -0.298. The lowest BCUT2D eigenvalue weighted by Crippen LogP contribution is -2.55. The summed E-state index contributed by atoms with van der Waals surface area (Å²) < 4.78 is 5.16. The molecule has 0 aromatic heterocycles. The summed E-state index contributed by atoms with van der Waals surface area (Å²) in [6.07, 6.45) is 0.725. The van der Waals surface area contributed by atoms with Crippen LogP contribution in [0.4, 0.5) is 4.79 Å². The van der Waals surface area contributed by atoms with Crippen LogP contribution in [0.1, 0.15) is 59.1 Å². The summed E-state index contributed by atoms with van der Waals surface area (Å²) in [7, 11) is 0. The lowest BCUT2D eigenvalue weighted by atomic mass is 10.0. The molecule has 3 amide bonds. The molecule has 0 aliphatic rings. The molecule has 3 unspecified atom stereocenters. The minimum absolute atomic E-state index is 0.133. The van der Waals surface area contributed by atoms with Gasteiger partial charge in [0.05, 0.1) is 12.7 Å². The first-order chi connectivity index (χ1) is 15.0. The minimum Gasteiger partial charge on any atom is -0.444 e. The van der Waals surface area contributed by atoms with Crippen molar-refractivity contribution in [2.45, 2.75) is 71.2 Å². The molecular weight excluding hydrogens is 412 g/mol. The number of nitrogens with zero attached hydrogens (tertiary/aromatic N) is 2. The van der Waals surface area contributed by atoms with Crippen LogP contribution in [0.15, 0.2) is 30.3 Å². The first kappa shape index (κ1) is 26.9. The fraction of sp³-hybridized carbons (Fsp3) is 0.565. The number of aliphatic hydroxyl groups excluding tert-OH is 1. The highest BCUT2D eigenvalue weighted by atomic mass is 16.6. The third-order valence-corrected chi connectivity index (χ3v) is 4.48. The summed E-state index contributed by atoms with van der Waals surface area (Å²) in [5, 5.41) is 24.3. The van der Waals surface area contributed by atoms with Crippen molar-refractivity contribution < 1.29 is 24.2 Å². The maximum Gasteiger partial charge on any atom is 0.408 e. The van der Waals surface area contributed by atoms with Crippen LogP contribution in [-0.2, 0) is 14.3 Å². The third kappa shape index (κ3) is 8.55. The fourth-order valence-electron chi connectivity index (χ4n) is 3.14. The maximum atomic E-state index is 13.3. The van der Waals surface area contributed by atoms with E-state index in [2.05, 4.69) is 10.6 Å². The standard InChI is InChI=1S/C23H34N4O5/c1-6-10-16(2)25-20(29)19(17-11-8-7-9-12-17)27(14-13-24)21(30)18(15-28)26-22(31)32-23(3,4)5/h7-9,11-12,16,18-19,28H,6,10,14-15H2,1-5H3,(H,25,29)(H,26,31). The van der Waals surface area contributed by atoms with Gasteiger partial charge < -0.3 is 25.4 Å². The van der Waals surface area contributed by atoms with Crippen molar-refractivity contribution in [3.63, 3.8) is 0 Å². The van der Waals surface area contributed by atoms with E-state index in [1.54, 1.807) is 51.1 Å². The Hall–Kier alpha value is -3.12. The van der Waals surface area contributed by atoms with Gasteiger partial charge in [0.25, 0.3) is 0 Å². The van der Waals surface area contributed by atoms with Gasteiger partial charge in [-0.15, -0.1) is 0 Å². The van der Waals surface area contributed by atoms with Crippen molar-refractivity contribution in [2.24, 2.45) is 0 Å². The van der Waals surface area contributed by atoms with E-state index in [9.17, 15) is 24.8 Å². The number of ether oxygens (including phenoxy) is 1. The molecule has 0 heterocycles. The molecule has 0 radical (unpaired) electrons. The molecule has 1 rings (SSSR count). The molecule has 0 fully saturated rings. The lowest BCUT2D eigenvalue weighted by Gasteiger charge is -2.33. The second-order valence-corrected chi connectivity index (χ2v) is 8.52. The lowest BCUT2D eigenvalue weighted by molar-refractivity contribution is -0.142. The van der Waals surface area contributed by atoms with Crippen molar-refractivity contribution >= 4 is 17.9 Å². The Morgan fingerprint density at radius 3 is 2.31 bits per heavy atom. The van der Waals surface area contributed by atoms with Crippen molar-refractivity contribution in [2.75, 3.05) is 13.2 Å². The van der Waals surface area contributed by atoms with E-state index in [0.717, 1.165) is 17.7 Å². The number of aliphatic hydroxyl groups is 1. The van der Waals surface area contributed by atoms with Gasteiger partial charge in [-0.05, 0) is 39.7 Å². The molecule has 1 aromatic carbocycles. The Labute approximate surface area is 189 Å². The smallest absolute Gasteiger partial charge is 0.408 e. The quantitative estimate of drug-likeness (QED) is 0.473. The Morgan fingerprint density at radius 2 is 1.81 bits per heavy atom. The first-order valence-corrected chi connectivity index (χ1v) is 10.7. The number of alkyl carbamates (subject to hydrolysis) is 1. The number of carbonyl (C=O) groups excluding carboxylic acids is 3. The van der Waals surface area contributed by atoms with E-state index in [1.807, 2.05) is 19.9 Å². The van der Waals surface area contributed by atoms with Crippen molar-refractivity contribution in [3.05, 3.63) is 35.9 Å². The Kier molecular flexibility index (Phi) is 10.7. The van der Waals surface area contributed by atoms with Crippen LogP contribution < -0.4 is 10.6 Å². The zero-order valence-corrected chi connectivity index (χ0v) is 19.4. The van der Waals surface area contributed by atoms with Crippen LogP contribution in [0.2, 0.25) is 0 Å². The Bertz CT molecular complexity index is 801. The highest BCUT2D eigenvalue weighted by Crippen LogP contribution is 2.22. The van der Waals surface area contributed by atoms with Crippen LogP contribution in [0.5, 0.6) is 0 Å². The van der Waals surface area contributed by atoms with Crippen LogP contribution in [0, 0.1) is 11.3 Å². The molecular formula is C23H34N4O5. The highest BCUT2D eigenvalue weighted by molar-refractivity contribution is 5.92. The molecule has 3 N–H and O–H groups in total. The van der Waals surface area contributed by atoms with E-state index >= 15 is 0 Å². The molecule has 0 spiro atoms. The normalized spacial score (nSPS) is 13.8. The summed E-state index contributed by atoms with van der Waals surface area (Å²) in [4.78, 5) is 39.6. The molecule has 0 aliphatic heterocycles. The van der Waals surface area contributed by atoms with Gasteiger partial charge in [0.2, 0.25) is 11.8 Å². The third-order valence-electron chi connectivity index (χ3n) is 4.48.